The topological polar surface area (TPSA) is 90.0 Å². The van der Waals surface area contributed by atoms with Crippen LogP contribution >= 0.6 is 23.1 Å². The second kappa shape index (κ2) is 9.54. The minimum Gasteiger partial charge on any atom is -0.338 e. The van der Waals surface area contributed by atoms with E-state index < -0.39 is 0 Å². The number of carbonyl (C=O) groups excluding carboxylic acids is 1. The molecule has 0 spiro atoms. The number of amides is 1. The maximum absolute atomic E-state index is 13.3. The minimum atomic E-state index is -0.267. The van der Waals surface area contributed by atoms with Gasteiger partial charge in [0.1, 0.15) is 4.83 Å². The minimum absolute atomic E-state index is 0.0731. The number of allylic oxidation sites excluding steroid dienone is 1. The number of hydrogen-bond acceptors (Lipinski definition) is 7. The molecule has 0 radical (unpaired) electrons. The van der Waals surface area contributed by atoms with Crippen molar-refractivity contribution < 1.29 is 9.32 Å². The van der Waals surface area contributed by atoms with Gasteiger partial charge in [-0.15, -0.1) is 17.9 Å². The van der Waals surface area contributed by atoms with Crippen molar-refractivity contribution in [3.63, 3.8) is 0 Å². The summed E-state index contributed by atoms with van der Waals surface area (Å²) in [6, 6.07) is 11.5. The fourth-order valence-corrected chi connectivity index (χ4v) is 4.96. The first-order valence-corrected chi connectivity index (χ1v) is 11.9. The summed E-state index contributed by atoms with van der Waals surface area (Å²) in [5.41, 5.74) is 2.46. The summed E-state index contributed by atoms with van der Waals surface area (Å²) in [5.74, 6) is 0.313. The van der Waals surface area contributed by atoms with Crippen molar-refractivity contribution in [3.8, 4) is 11.1 Å². The quantitative estimate of drug-likeness (QED) is 0.219. The molecule has 0 fully saturated rings. The van der Waals surface area contributed by atoms with Gasteiger partial charge in [0.25, 0.3) is 5.56 Å². The maximum atomic E-state index is 13.3. The van der Waals surface area contributed by atoms with E-state index in [-0.39, 0.29) is 23.1 Å². The summed E-state index contributed by atoms with van der Waals surface area (Å²) >= 11 is 2.62. The molecule has 9 heteroatoms. The number of carbonyl (C=O) groups is 1. The van der Waals surface area contributed by atoms with E-state index in [2.05, 4.69) is 22.0 Å². The number of anilines is 1. The van der Waals surface area contributed by atoms with Crippen LogP contribution in [0.4, 0.5) is 5.88 Å². The van der Waals surface area contributed by atoms with E-state index in [0.717, 1.165) is 16.8 Å². The summed E-state index contributed by atoms with van der Waals surface area (Å²) in [6.07, 6.45) is 1.65. The maximum Gasteiger partial charge on any atom is 0.263 e. The zero-order chi connectivity index (χ0) is 22.7. The standard InChI is InChI=1S/C23H22N4O3S2/c1-4-10-27-22(29)20-16(15-8-6-5-7-9-15)12-31-21(20)25-23(27)32-13-18(28)24-19-11-17(14(2)3)26-30-19/h4-9,11-12,14H,1,10,13H2,2-3H3,(H,24,28). The SMILES string of the molecule is C=CCn1c(SCC(=O)Nc2cc(C(C)C)no2)nc2scc(-c3ccccc3)c2c1=O. The predicted molar refractivity (Wildman–Crippen MR) is 129 cm³/mol. The number of rotatable bonds is 8. The Hall–Kier alpha value is -3.17. The Morgan fingerprint density at radius 2 is 2.12 bits per heavy atom. The van der Waals surface area contributed by atoms with Crippen molar-refractivity contribution in [1.82, 2.24) is 14.7 Å². The lowest BCUT2D eigenvalue weighted by Gasteiger charge is -2.10. The third-order valence-corrected chi connectivity index (χ3v) is 6.62. The molecule has 0 saturated heterocycles. The zero-order valence-corrected chi connectivity index (χ0v) is 19.3. The number of hydrogen-bond donors (Lipinski definition) is 1. The lowest BCUT2D eigenvalue weighted by Crippen LogP contribution is -2.23. The van der Waals surface area contributed by atoms with Crippen LogP contribution in [0.2, 0.25) is 0 Å². The predicted octanol–water partition coefficient (Wildman–Crippen LogP) is 5.15. The van der Waals surface area contributed by atoms with Crippen LogP contribution in [0.15, 0.2) is 68.9 Å². The van der Waals surface area contributed by atoms with Gasteiger partial charge in [0.05, 0.1) is 16.8 Å². The Morgan fingerprint density at radius 3 is 2.81 bits per heavy atom. The first kappa shape index (κ1) is 22.0. The third-order valence-electron chi connectivity index (χ3n) is 4.77. The van der Waals surface area contributed by atoms with Crippen molar-refractivity contribution in [2.45, 2.75) is 31.5 Å². The summed E-state index contributed by atoms with van der Waals surface area (Å²) in [5, 5.41) is 9.63. The normalized spacial score (nSPS) is 11.2. The Bertz CT molecular complexity index is 1320. The van der Waals surface area contributed by atoms with E-state index in [1.165, 1.54) is 23.1 Å². The van der Waals surface area contributed by atoms with E-state index in [9.17, 15) is 9.59 Å². The molecule has 1 aromatic carbocycles. The fraction of sp³-hybridized carbons (Fsp3) is 0.217. The highest BCUT2D eigenvalue weighted by Crippen LogP contribution is 2.32. The number of thiophene rings is 1. The molecule has 164 valence electrons. The molecular weight excluding hydrogens is 444 g/mol. The number of benzene rings is 1. The first-order valence-electron chi connectivity index (χ1n) is 10.1. The molecule has 0 bridgehead atoms. The van der Waals surface area contributed by atoms with E-state index in [1.807, 2.05) is 49.6 Å². The van der Waals surface area contributed by atoms with Crippen LogP contribution in [0.25, 0.3) is 21.3 Å². The van der Waals surface area contributed by atoms with E-state index >= 15 is 0 Å². The van der Waals surface area contributed by atoms with E-state index in [4.69, 9.17) is 4.52 Å². The summed E-state index contributed by atoms with van der Waals surface area (Å²) in [7, 11) is 0. The van der Waals surface area contributed by atoms with Crippen LogP contribution < -0.4 is 10.9 Å². The number of aromatic nitrogens is 3. The molecule has 0 aliphatic heterocycles. The summed E-state index contributed by atoms with van der Waals surface area (Å²) in [6.45, 7) is 8.05. The molecule has 32 heavy (non-hydrogen) atoms. The molecule has 7 nitrogen and oxygen atoms in total. The third kappa shape index (κ3) is 4.53. The molecule has 4 rings (SSSR count). The Labute approximate surface area is 193 Å². The number of thioether (sulfide) groups is 1. The van der Waals surface area contributed by atoms with Crippen LogP contribution in [0.1, 0.15) is 25.5 Å². The van der Waals surface area contributed by atoms with Gasteiger partial charge < -0.3 is 4.52 Å². The smallest absolute Gasteiger partial charge is 0.263 e. The van der Waals surface area contributed by atoms with Gasteiger partial charge in [-0.2, -0.15) is 0 Å². The average Bonchev–Trinajstić information content (AvgIpc) is 3.42. The summed E-state index contributed by atoms with van der Waals surface area (Å²) in [4.78, 5) is 31.1. The highest BCUT2D eigenvalue weighted by Gasteiger charge is 2.18. The van der Waals surface area contributed by atoms with E-state index in [0.29, 0.717) is 27.8 Å². The average molecular weight is 467 g/mol. The molecule has 4 aromatic rings. The molecule has 1 N–H and O–H groups in total. The highest BCUT2D eigenvalue weighted by molar-refractivity contribution is 7.99. The molecule has 0 atom stereocenters. The van der Waals surface area contributed by atoms with Crippen molar-refractivity contribution in [1.29, 1.82) is 0 Å². The molecule has 0 saturated carbocycles. The van der Waals surface area contributed by atoms with Crippen LogP contribution in [0, 0.1) is 0 Å². The molecular formula is C23H22N4O3S2. The van der Waals surface area contributed by atoms with Crippen molar-refractivity contribution in [3.05, 3.63) is 70.5 Å². The summed E-state index contributed by atoms with van der Waals surface area (Å²) < 4.78 is 6.71. The lowest BCUT2D eigenvalue weighted by atomic mass is 10.1. The van der Waals surface area contributed by atoms with Crippen molar-refractivity contribution in [2.24, 2.45) is 0 Å². The van der Waals surface area contributed by atoms with Crippen LogP contribution in [-0.2, 0) is 11.3 Å². The van der Waals surface area contributed by atoms with Crippen molar-refractivity contribution >= 4 is 45.1 Å². The van der Waals surface area contributed by atoms with Gasteiger partial charge in [0.2, 0.25) is 11.8 Å². The fourth-order valence-electron chi connectivity index (χ4n) is 3.16. The monoisotopic (exact) mass is 466 g/mol. The first-order chi connectivity index (χ1) is 15.5. The molecule has 3 aromatic heterocycles. The molecule has 0 aliphatic carbocycles. The van der Waals surface area contributed by atoms with Gasteiger partial charge >= 0.3 is 0 Å². The molecule has 1 amide bonds. The van der Waals surface area contributed by atoms with Crippen LogP contribution in [-0.4, -0.2) is 26.4 Å². The Kier molecular flexibility index (Phi) is 6.57. The van der Waals surface area contributed by atoms with Crippen LogP contribution in [0.5, 0.6) is 0 Å². The molecule has 3 heterocycles. The van der Waals surface area contributed by atoms with Gasteiger partial charge in [0.15, 0.2) is 5.16 Å². The van der Waals surface area contributed by atoms with Gasteiger partial charge in [-0.25, -0.2) is 4.98 Å². The Morgan fingerprint density at radius 1 is 1.34 bits per heavy atom. The van der Waals surface area contributed by atoms with E-state index in [1.54, 1.807) is 16.7 Å². The van der Waals surface area contributed by atoms with Gasteiger partial charge in [-0.05, 0) is 11.5 Å². The van der Waals surface area contributed by atoms with Crippen molar-refractivity contribution in [2.75, 3.05) is 11.1 Å². The number of nitrogens with zero attached hydrogens (tertiary/aromatic N) is 3. The lowest BCUT2D eigenvalue weighted by molar-refractivity contribution is -0.113. The highest BCUT2D eigenvalue weighted by atomic mass is 32.2. The molecule has 0 unspecified atom stereocenters. The zero-order valence-electron chi connectivity index (χ0n) is 17.7. The Balaban J connectivity index is 1.59. The number of nitrogens with one attached hydrogen (secondary N) is 1. The van der Waals surface area contributed by atoms with Gasteiger partial charge in [-0.1, -0.05) is 67.2 Å². The van der Waals surface area contributed by atoms with Gasteiger partial charge in [0, 0.05) is 23.6 Å². The second-order valence-corrected chi connectivity index (χ2v) is 9.20. The molecule has 0 aliphatic rings. The largest absolute Gasteiger partial charge is 0.338 e. The van der Waals surface area contributed by atoms with Gasteiger partial charge in [-0.3, -0.25) is 19.5 Å². The van der Waals surface area contributed by atoms with Crippen LogP contribution in [0.3, 0.4) is 0 Å². The number of fused-ring (bicyclic) bond motifs is 1. The second-order valence-electron chi connectivity index (χ2n) is 7.40.